The van der Waals surface area contributed by atoms with E-state index in [4.69, 9.17) is 23.2 Å². The fourth-order valence-electron chi connectivity index (χ4n) is 0.353. The molecule has 3 heteroatoms. The molecule has 0 aliphatic heterocycles. The van der Waals surface area contributed by atoms with Gasteiger partial charge in [-0.25, -0.2) is 0 Å². The number of alkyl halides is 2. The minimum Gasteiger partial charge on any atom is -0.123 e. The molecule has 0 fully saturated rings. The molecule has 0 aromatic heterocycles. The van der Waals surface area contributed by atoms with Gasteiger partial charge in [0.25, 0.3) is 0 Å². The van der Waals surface area contributed by atoms with Gasteiger partial charge >= 0.3 is 0 Å². The molecule has 0 spiro atoms. The molecule has 56 valence electrons. The van der Waals surface area contributed by atoms with E-state index in [9.17, 15) is 0 Å². The van der Waals surface area contributed by atoms with Crippen molar-refractivity contribution in [3.63, 3.8) is 0 Å². The summed E-state index contributed by atoms with van der Waals surface area (Å²) in [5, 5.41) is 0. The molecule has 0 aromatic carbocycles. The highest BCUT2D eigenvalue weighted by molar-refractivity contribution is 8.02. The molecule has 0 saturated carbocycles. The van der Waals surface area contributed by atoms with Gasteiger partial charge in [-0.1, -0.05) is 13.8 Å². The number of halogens is 2. The lowest BCUT2D eigenvalue weighted by molar-refractivity contribution is 1.01. The topological polar surface area (TPSA) is 0 Å². The number of hydrogen-bond donors (Lipinski definition) is 0. The molecule has 0 heterocycles. The Balaban J connectivity index is 3.22. The van der Waals surface area contributed by atoms with E-state index < -0.39 is 0 Å². The maximum atomic E-state index is 5.82. The van der Waals surface area contributed by atoms with Crippen molar-refractivity contribution >= 4 is 35.0 Å². The third-order valence-corrected chi connectivity index (χ3v) is 3.43. The van der Waals surface area contributed by atoms with Crippen LogP contribution in [-0.2, 0) is 0 Å². The van der Waals surface area contributed by atoms with Gasteiger partial charge in [0.15, 0.2) is 0 Å². The van der Waals surface area contributed by atoms with E-state index in [2.05, 4.69) is 13.8 Å². The Morgan fingerprint density at radius 3 is 1.67 bits per heavy atom. The van der Waals surface area contributed by atoms with E-state index in [1.165, 1.54) is 0 Å². The van der Waals surface area contributed by atoms with E-state index in [-0.39, 0.29) is 9.42 Å². The minimum atomic E-state index is 0.187. The average Bonchev–Trinajstić information content (AvgIpc) is 1.87. The summed E-state index contributed by atoms with van der Waals surface area (Å²) in [7, 11) is 0. The summed E-state index contributed by atoms with van der Waals surface area (Å²) in [6, 6.07) is 0. The average molecular weight is 187 g/mol. The molecule has 0 bridgehead atoms. The standard InChI is InChI=1S/C6H12Cl2S/c1-3-5(7)9-6(8)4-2/h5-6H,3-4H2,1-2H3. The Kier molecular flexibility index (Phi) is 6.28. The fraction of sp³-hybridized carbons (Fsp3) is 1.00. The highest BCUT2D eigenvalue weighted by Gasteiger charge is 2.07. The molecule has 0 amide bonds. The van der Waals surface area contributed by atoms with Gasteiger partial charge in [0.1, 0.15) is 0 Å². The third-order valence-electron chi connectivity index (χ3n) is 0.937. The molecule has 0 saturated heterocycles. The Morgan fingerprint density at radius 1 is 1.11 bits per heavy atom. The Labute approximate surface area is 71.3 Å². The highest BCUT2D eigenvalue weighted by Crippen LogP contribution is 2.27. The van der Waals surface area contributed by atoms with Crippen molar-refractivity contribution in [2.24, 2.45) is 0 Å². The molecule has 0 aromatic rings. The van der Waals surface area contributed by atoms with Gasteiger partial charge in [-0.05, 0) is 12.8 Å². The van der Waals surface area contributed by atoms with Crippen molar-refractivity contribution in [2.75, 3.05) is 0 Å². The number of thioether (sulfide) groups is 1. The molecule has 0 aliphatic rings. The molecule has 0 aliphatic carbocycles. The third kappa shape index (κ3) is 5.38. The van der Waals surface area contributed by atoms with Crippen LogP contribution in [0.4, 0.5) is 0 Å². The molecule has 0 radical (unpaired) electrons. The number of hydrogen-bond acceptors (Lipinski definition) is 1. The van der Waals surface area contributed by atoms with E-state index in [0.717, 1.165) is 12.8 Å². The first kappa shape index (κ1) is 9.93. The van der Waals surface area contributed by atoms with Gasteiger partial charge in [-0.3, -0.25) is 0 Å². The SMILES string of the molecule is CCC(Cl)SC(Cl)CC. The molecule has 2 unspecified atom stereocenters. The lowest BCUT2D eigenvalue weighted by atomic mass is 10.6. The van der Waals surface area contributed by atoms with Gasteiger partial charge in [-0.15, -0.1) is 35.0 Å². The lowest BCUT2D eigenvalue weighted by Gasteiger charge is -2.08. The van der Waals surface area contributed by atoms with Gasteiger partial charge in [0, 0.05) is 0 Å². The van der Waals surface area contributed by atoms with Crippen LogP contribution in [0.3, 0.4) is 0 Å². The Bertz CT molecular complexity index is 60.1. The van der Waals surface area contributed by atoms with Crippen molar-refractivity contribution in [3.05, 3.63) is 0 Å². The van der Waals surface area contributed by atoms with E-state index >= 15 is 0 Å². The van der Waals surface area contributed by atoms with Gasteiger partial charge in [0.05, 0.1) is 9.42 Å². The fourth-order valence-corrected chi connectivity index (χ4v) is 1.96. The molecule has 0 N–H and O–H groups in total. The van der Waals surface area contributed by atoms with Crippen LogP contribution in [0.5, 0.6) is 0 Å². The maximum Gasteiger partial charge on any atom is 0.0801 e. The summed E-state index contributed by atoms with van der Waals surface area (Å²) < 4.78 is 0.375. The van der Waals surface area contributed by atoms with Crippen molar-refractivity contribution in [1.82, 2.24) is 0 Å². The first-order valence-electron chi connectivity index (χ1n) is 3.14. The van der Waals surface area contributed by atoms with Crippen LogP contribution < -0.4 is 0 Å². The van der Waals surface area contributed by atoms with Crippen LogP contribution in [0.15, 0.2) is 0 Å². The predicted molar refractivity (Wildman–Crippen MR) is 47.5 cm³/mol. The van der Waals surface area contributed by atoms with Crippen LogP contribution in [0, 0.1) is 0 Å². The van der Waals surface area contributed by atoms with Crippen LogP contribution in [-0.4, -0.2) is 9.42 Å². The first-order valence-corrected chi connectivity index (χ1v) is 4.95. The van der Waals surface area contributed by atoms with Crippen LogP contribution in [0.25, 0.3) is 0 Å². The van der Waals surface area contributed by atoms with Gasteiger partial charge in [0.2, 0.25) is 0 Å². The van der Waals surface area contributed by atoms with E-state index in [1.54, 1.807) is 11.8 Å². The largest absolute Gasteiger partial charge is 0.123 e. The summed E-state index contributed by atoms with van der Waals surface area (Å²) >= 11 is 13.3. The molecule has 2 atom stereocenters. The number of rotatable bonds is 4. The summed E-state index contributed by atoms with van der Waals surface area (Å²) in [4.78, 5) is 0. The molecule has 0 rings (SSSR count). The van der Waals surface area contributed by atoms with Crippen LogP contribution in [0.2, 0.25) is 0 Å². The summed E-state index contributed by atoms with van der Waals surface area (Å²) in [6.45, 7) is 4.12. The Morgan fingerprint density at radius 2 is 1.44 bits per heavy atom. The molecular formula is C6H12Cl2S. The van der Waals surface area contributed by atoms with Crippen molar-refractivity contribution in [1.29, 1.82) is 0 Å². The quantitative estimate of drug-likeness (QED) is 0.605. The summed E-state index contributed by atoms with van der Waals surface area (Å²) in [5.41, 5.74) is 0. The zero-order valence-corrected chi connectivity index (χ0v) is 8.06. The minimum absolute atomic E-state index is 0.187. The van der Waals surface area contributed by atoms with Crippen molar-refractivity contribution < 1.29 is 0 Å². The van der Waals surface area contributed by atoms with Gasteiger partial charge < -0.3 is 0 Å². The molecular weight excluding hydrogens is 175 g/mol. The second-order valence-electron chi connectivity index (χ2n) is 1.77. The highest BCUT2D eigenvalue weighted by atomic mass is 35.5. The second-order valence-corrected chi connectivity index (χ2v) is 4.75. The van der Waals surface area contributed by atoms with Crippen LogP contribution >= 0.6 is 35.0 Å². The van der Waals surface area contributed by atoms with Crippen LogP contribution in [0.1, 0.15) is 26.7 Å². The normalized spacial score (nSPS) is 17.3. The molecule has 9 heavy (non-hydrogen) atoms. The van der Waals surface area contributed by atoms with E-state index in [1.807, 2.05) is 0 Å². The smallest absolute Gasteiger partial charge is 0.0801 e. The zero-order valence-electron chi connectivity index (χ0n) is 5.73. The van der Waals surface area contributed by atoms with E-state index in [0.29, 0.717) is 0 Å². The summed E-state index contributed by atoms with van der Waals surface area (Å²) in [5.74, 6) is 0. The van der Waals surface area contributed by atoms with Gasteiger partial charge in [-0.2, -0.15) is 0 Å². The van der Waals surface area contributed by atoms with Crippen molar-refractivity contribution in [3.8, 4) is 0 Å². The first-order chi connectivity index (χ1) is 4.20. The zero-order chi connectivity index (χ0) is 7.28. The van der Waals surface area contributed by atoms with Crippen molar-refractivity contribution in [2.45, 2.75) is 36.1 Å². The second kappa shape index (κ2) is 5.70. The predicted octanol–water partition coefficient (Wildman–Crippen LogP) is 3.67. The summed E-state index contributed by atoms with van der Waals surface area (Å²) in [6.07, 6.45) is 1.96. The Hall–Kier alpha value is 0.930. The lowest BCUT2D eigenvalue weighted by Crippen LogP contribution is -1.96. The monoisotopic (exact) mass is 186 g/mol. The maximum absolute atomic E-state index is 5.82. The molecule has 0 nitrogen and oxygen atoms in total.